The number of nitrogens with zero attached hydrogens (tertiary/aromatic N) is 1. The van der Waals surface area contributed by atoms with E-state index in [-0.39, 0.29) is 6.61 Å². The maximum Gasteiger partial charge on any atom is 0.123 e. The van der Waals surface area contributed by atoms with Crippen LogP contribution in [0.5, 0.6) is 5.75 Å². The Hall–Kier alpha value is -1.06. The topological polar surface area (TPSA) is 32.7 Å². The van der Waals surface area contributed by atoms with E-state index in [1.165, 1.54) is 12.8 Å². The lowest BCUT2D eigenvalue weighted by molar-refractivity contribution is 0.267. The third kappa shape index (κ3) is 4.31. The molecule has 3 heteroatoms. The average Bonchev–Trinajstić information content (AvgIpc) is 2.43. The number of hydrogen-bond acceptors (Lipinski definition) is 3. The molecule has 0 saturated heterocycles. The van der Waals surface area contributed by atoms with Crippen LogP contribution in [0.25, 0.3) is 0 Å². The van der Waals surface area contributed by atoms with E-state index >= 15 is 0 Å². The van der Waals surface area contributed by atoms with Crippen LogP contribution in [0.15, 0.2) is 18.2 Å². The predicted octanol–water partition coefficient (Wildman–Crippen LogP) is 2.81. The summed E-state index contributed by atoms with van der Waals surface area (Å²) in [6, 6.07) is 5.88. The fourth-order valence-electron chi connectivity index (χ4n) is 2.03. The smallest absolute Gasteiger partial charge is 0.123 e. The molecule has 1 aromatic rings. The molecule has 0 aliphatic heterocycles. The van der Waals surface area contributed by atoms with Crippen molar-refractivity contribution in [3.8, 4) is 5.75 Å². The van der Waals surface area contributed by atoms with Crippen LogP contribution < -0.4 is 4.74 Å². The highest BCUT2D eigenvalue weighted by Crippen LogP contribution is 2.21. The molecule has 0 heterocycles. The molecular formula is C15H25NO2. The fraction of sp³-hybridized carbons (Fsp3) is 0.600. The van der Waals surface area contributed by atoms with Gasteiger partial charge in [0.25, 0.3) is 0 Å². The molecule has 0 saturated carbocycles. The largest absolute Gasteiger partial charge is 0.496 e. The van der Waals surface area contributed by atoms with Crippen molar-refractivity contribution in [2.45, 2.75) is 39.8 Å². The highest BCUT2D eigenvalue weighted by atomic mass is 16.5. The highest BCUT2D eigenvalue weighted by Gasteiger charge is 2.09. The normalized spacial score (nSPS) is 10.9. The molecular weight excluding hydrogens is 226 g/mol. The van der Waals surface area contributed by atoms with Gasteiger partial charge in [0.2, 0.25) is 0 Å². The van der Waals surface area contributed by atoms with Crippen LogP contribution in [0.4, 0.5) is 0 Å². The summed E-state index contributed by atoms with van der Waals surface area (Å²) in [7, 11) is 1.69. The zero-order valence-corrected chi connectivity index (χ0v) is 11.8. The van der Waals surface area contributed by atoms with Crippen LogP contribution in [0, 0.1) is 0 Å². The van der Waals surface area contributed by atoms with Gasteiger partial charge in [-0.15, -0.1) is 0 Å². The van der Waals surface area contributed by atoms with Crippen LogP contribution in [-0.4, -0.2) is 30.2 Å². The monoisotopic (exact) mass is 251 g/mol. The molecule has 0 radical (unpaired) electrons. The first-order valence-electron chi connectivity index (χ1n) is 6.74. The van der Waals surface area contributed by atoms with Crippen molar-refractivity contribution in [2.24, 2.45) is 0 Å². The lowest BCUT2D eigenvalue weighted by Gasteiger charge is -2.21. The molecule has 0 amide bonds. The lowest BCUT2D eigenvalue weighted by atomic mass is 10.1. The first-order valence-corrected chi connectivity index (χ1v) is 6.74. The Morgan fingerprint density at radius 2 is 2.06 bits per heavy atom. The van der Waals surface area contributed by atoms with Crippen molar-refractivity contribution >= 4 is 0 Å². The second-order valence-corrected chi connectivity index (χ2v) is 4.53. The van der Waals surface area contributed by atoms with Crippen LogP contribution in [-0.2, 0) is 13.2 Å². The van der Waals surface area contributed by atoms with E-state index in [1.807, 2.05) is 18.2 Å². The van der Waals surface area contributed by atoms with Crippen molar-refractivity contribution in [1.29, 1.82) is 0 Å². The molecule has 0 aromatic heterocycles. The highest BCUT2D eigenvalue weighted by molar-refractivity contribution is 5.37. The third-order valence-electron chi connectivity index (χ3n) is 3.20. The van der Waals surface area contributed by atoms with Gasteiger partial charge in [0.1, 0.15) is 5.75 Å². The van der Waals surface area contributed by atoms with Gasteiger partial charge in [-0.1, -0.05) is 26.3 Å². The first kappa shape index (κ1) is 15.0. The second kappa shape index (κ2) is 8.11. The maximum atomic E-state index is 9.20. The molecule has 0 unspecified atom stereocenters. The van der Waals surface area contributed by atoms with Crippen molar-refractivity contribution in [2.75, 3.05) is 20.2 Å². The summed E-state index contributed by atoms with van der Waals surface area (Å²) in [5.41, 5.74) is 2.10. The van der Waals surface area contributed by atoms with Crippen molar-refractivity contribution in [3.63, 3.8) is 0 Å². The van der Waals surface area contributed by atoms with Gasteiger partial charge in [-0.2, -0.15) is 0 Å². The standard InChI is InChI=1S/C15H25NO2/c1-4-6-9-16(5-2)11-14-10-13(12-17)7-8-15(14)18-3/h7-8,10,17H,4-6,9,11-12H2,1-3H3. The summed E-state index contributed by atoms with van der Waals surface area (Å²) in [6.07, 6.45) is 2.43. The number of hydrogen-bond donors (Lipinski definition) is 1. The minimum atomic E-state index is 0.0814. The van der Waals surface area contributed by atoms with Gasteiger partial charge < -0.3 is 9.84 Å². The van der Waals surface area contributed by atoms with Crippen LogP contribution >= 0.6 is 0 Å². The minimum Gasteiger partial charge on any atom is -0.496 e. The Balaban J connectivity index is 2.78. The van der Waals surface area contributed by atoms with Gasteiger partial charge in [0, 0.05) is 12.1 Å². The second-order valence-electron chi connectivity index (χ2n) is 4.53. The molecule has 1 N–H and O–H groups in total. The number of methoxy groups -OCH3 is 1. The van der Waals surface area contributed by atoms with E-state index in [4.69, 9.17) is 4.74 Å². The summed E-state index contributed by atoms with van der Waals surface area (Å²) < 4.78 is 5.39. The van der Waals surface area contributed by atoms with Gasteiger partial charge in [-0.05, 0) is 37.2 Å². The van der Waals surface area contributed by atoms with Crippen molar-refractivity contribution in [3.05, 3.63) is 29.3 Å². The van der Waals surface area contributed by atoms with Gasteiger partial charge in [-0.3, -0.25) is 4.90 Å². The molecule has 0 aliphatic rings. The molecule has 1 aromatic carbocycles. The molecule has 0 atom stereocenters. The summed E-state index contributed by atoms with van der Waals surface area (Å²) in [4.78, 5) is 2.41. The molecule has 0 spiro atoms. The van der Waals surface area contributed by atoms with E-state index in [1.54, 1.807) is 7.11 Å². The summed E-state index contributed by atoms with van der Waals surface area (Å²) in [6.45, 7) is 7.50. The van der Waals surface area contributed by atoms with Gasteiger partial charge in [0.05, 0.1) is 13.7 Å². The quantitative estimate of drug-likeness (QED) is 0.771. The van der Waals surface area contributed by atoms with E-state index in [2.05, 4.69) is 18.7 Å². The molecule has 0 aliphatic carbocycles. The van der Waals surface area contributed by atoms with Gasteiger partial charge >= 0.3 is 0 Å². The van der Waals surface area contributed by atoms with Gasteiger partial charge in [0.15, 0.2) is 0 Å². The van der Waals surface area contributed by atoms with Crippen LogP contribution in [0.1, 0.15) is 37.8 Å². The fourth-order valence-corrected chi connectivity index (χ4v) is 2.03. The molecule has 18 heavy (non-hydrogen) atoms. The van der Waals surface area contributed by atoms with Crippen LogP contribution in [0.2, 0.25) is 0 Å². The SMILES string of the molecule is CCCCN(CC)Cc1cc(CO)ccc1OC. The zero-order valence-electron chi connectivity index (χ0n) is 11.8. The minimum absolute atomic E-state index is 0.0814. The number of rotatable bonds is 8. The summed E-state index contributed by atoms with van der Waals surface area (Å²) >= 11 is 0. The van der Waals surface area contributed by atoms with E-state index < -0.39 is 0 Å². The number of aliphatic hydroxyl groups is 1. The lowest BCUT2D eigenvalue weighted by Crippen LogP contribution is -2.24. The molecule has 0 fully saturated rings. The van der Waals surface area contributed by atoms with Crippen LogP contribution in [0.3, 0.4) is 0 Å². The van der Waals surface area contributed by atoms with Crippen molar-refractivity contribution < 1.29 is 9.84 Å². The number of ether oxygens (including phenoxy) is 1. The molecule has 3 nitrogen and oxygen atoms in total. The number of aliphatic hydroxyl groups excluding tert-OH is 1. The Morgan fingerprint density at radius 3 is 2.61 bits per heavy atom. The predicted molar refractivity (Wildman–Crippen MR) is 74.8 cm³/mol. The third-order valence-corrected chi connectivity index (χ3v) is 3.20. The van der Waals surface area contributed by atoms with E-state index in [9.17, 15) is 5.11 Å². The Kier molecular flexibility index (Phi) is 6.76. The average molecular weight is 251 g/mol. The molecule has 0 bridgehead atoms. The zero-order chi connectivity index (χ0) is 13.4. The van der Waals surface area contributed by atoms with Crippen molar-refractivity contribution in [1.82, 2.24) is 4.90 Å². The summed E-state index contributed by atoms with van der Waals surface area (Å²) in [5, 5.41) is 9.20. The summed E-state index contributed by atoms with van der Waals surface area (Å²) in [5.74, 6) is 0.905. The van der Waals surface area contributed by atoms with E-state index in [0.29, 0.717) is 0 Å². The van der Waals surface area contributed by atoms with E-state index in [0.717, 1.165) is 36.5 Å². The Morgan fingerprint density at radius 1 is 1.28 bits per heavy atom. The maximum absolute atomic E-state index is 9.20. The number of unbranched alkanes of at least 4 members (excludes halogenated alkanes) is 1. The Labute approximate surface area is 110 Å². The molecule has 102 valence electrons. The Bertz CT molecular complexity index is 352. The molecule has 1 rings (SSSR count). The number of benzene rings is 1. The van der Waals surface area contributed by atoms with Gasteiger partial charge in [-0.25, -0.2) is 0 Å². The first-order chi connectivity index (χ1) is 8.74.